The van der Waals surface area contributed by atoms with Crippen LogP contribution in [0.4, 0.5) is 13.2 Å². The summed E-state index contributed by atoms with van der Waals surface area (Å²) in [7, 11) is 1.38. The van der Waals surface area contributed by atoms with Crippen LogP contribution in [-0.4, -0.2) is 55.6 Å². The summed E-state index contributed by atoms with van der Waals surface area (Å²) in [6.07, 6.45) is -4.25. The number of carbonyl (C=O) groups is 2. The van der Waals surface area contributed by atoms with E-state index in [0.717, 1.165) is 4.90 Å². The van der Waals surface area contributed by atoms with Gasteiger partial charge >= 0.3 is 6.18 Å². The predicted octanol–water partition coefficient (Wildman–Crippen LogP) is 0.511. The van der Waals surface area contributed by atoms with Crippen LogP contribution in [0, 0.1) is 0 Å². The average molecular weight is 283 g/mol. The van der Waals surface area contributed by atoms with Gasteiger partial charge in [0.05, 0.1) is 6.54 Å². The molecule has 0 spiro atoms. The molecule has 0 atom stereocenters. The molecule has 0 aliphatic rings. The van der Waals surface area contributed by atoms with Gasteiger partial charge < -0.3 is 15.5 Å². The highest BCUT2D eigenvalue weighted by Gasteiger charge is 2.28. The quantitative estimate of drug-likeness (QED) is 0.716. The number of amides is 2. The lowest BCUT2D eigenvalue weighted by molar-refractivity contribution is -0.141. The Bertz CT molecular complexity index is 306. The molecule has 0 aromatic rings. The van der Waals surface area contributed by atoms with Gasteiger partial charge in [0.25, 0.3) is 0 Å². The number of hydrogen-bond acceptors (Lipinski definition) is 3. The summed E-state index contributed by atoms with van der Waals surface area (Å²) >= 11 is 0. The Hall–Kier alpha value is -1.31. The van der Waals surface area contributed by atoms with E-state index in [2.05, 4.69) is 5.32 Å². The van der Waals surface area contributed by atoms with Crippen LogP contribution in [-0.2, 0) is 9.59 Å². The molecule has 0 bridgehead atoms. The number of hydrogen-bond donors (Lipinski definition) is 2. The van der Waals surface area contributed by atoms with Crippen LogP contribution >= 0.6 is 0 Å². The molecular weight excluding hydrogens is 263 g/mol. The average Bonchev–Trinajstić information content (AvgIpc) is 2.24. The van der Waals surface area contributed by atoms with Crippen LogP contribution in [0.2, 0.25) is 0 Å². The summed E-state index contributed by atoms with van der Waals surface area (Å²) in [4.78, 5) is 23.8. The molecule has 5 nitrogen and oxygen atoms in total. The Morgan fingerprint density at radius 2 is 1.84 bits per heavy atom. The van der Waals surface area contributed by atoms with Crippen LogP contribution in [0.1, 0.15) is 20.3 Å². The first-order chi connectivity index (χ1) is 8.61. The second kappa shape index (κ2) is 7.98. The largest absolute Gasteiger partial charge is 0.405 e. The van der Waals surface area contributed by atoms with Crippen molar-refractivity contribution in [3.63, 3.8) is 0 Å². The van der Waals surface area contributed by atoms with Gasteiger partial charge in [0, 0.05) is 26.1 Å². The normalized spacial score (nSPS) is 11.5. The molecule has 0 unspecified atom stereocenters. The number of nitrogens with zero attached hydrogens (tertiary/aromatic N) is 1. The minimum atomic E-state index is -4.45. The molecule has 8 heteroatoms. The van der Waals surface area contributed by atoms with Crippen molar-refractivity contribution >= 4 is 11.8 Å². The van der Waals surface area contributed by atoms with Gasteiger partial charge in [0.15, 0.2) is 0 Å². The van der Waals surface area contributed by atoms with Crippen molar-refractivity contribution in [2.75, 3.05) is 26.7 Å². The predicted molar refractivity (Wildman–Crippen MR) is 64.5 cm³/mol. The summed E-state index contributed by atoms with van der Waals surface area (Å²) in [5.74, 6) is -1.12. The molecule has 0 fully saturated rings. The molecule has 0 aliphatic heterocycles. The van der Waals surface area contributed by atoms with Gasteiger partial charge in [-0.15, -0.1) is 0 Å². The number of likely N-dealkylation sites (N-methyl/N-ethyl adjacent to an activating group) is 1. The number of alkyl halides is 3. The molecule has 2 amide bonds. The minimum absolute atomic E-state index is 0.196. The third-order valence-corrected chi connectivity index (χ3v) is 2.18. The Kier molecular flexibility index (Phi) is 7.43. The third-order valence-electron chi connectivity index (χ3n) is 2.18. The summed E-state index contributed by atoms with van der Waals surface area (Å²) in [6, 6.07) is 0.244. The summed E-state index contributed by atoms with van der Waals surface area (Å²) < 4.78 is 35.6. The van der Waals surface area contributed by atoms with E-state index in [1.807, 2.05) is 13.8 Å². The zero-order chi connectivity index (χ0) is 15.1. The van der Waals surface area contributed by atoms with Gasteiger partial charge in [-0.05, 0) is 0 Å². The first-order valence-corrected chi connectivity index (χ1v) is 5.92. The molecule has 0 heterocycles. The SMILES string of the molecule is CC(C)NCCC(=O)N(C)CC(=O)NCC(F)(F)F. The van der Waals surface area contributed by atoms with Crippen LogP contribution in [0.3, 0.4) is 0 Å². The van der Waals surface area contributed by atoms with E-state index in [1.54, 1.807) is 5.32 Å². The lowest BCUT2D eigenvalue weighted by atomic mass is 10.3. The highest BCUT2D eigenvalue weighted by molar-refractivity contribution is 5.84. The van der Waals surface area contributed by atoms with E-state index in [1.165, 1.54) is 7.05 Å². The second-order valence-electron chi connectivity index (χ2n) is 4.50. The summed E-state index contributed by atoms with van der Waals surface area (Å²) in [5, 5.41) is 4.74. The highest BCUT2D eigenvalue weighted by atomic mass is 19.4. The lowest BCUT2D eigenvalue weighted by Gasteiger charge is -2.17. The number of halogens is 3. The van der Waals surface area contributed by atoms with E-state index >= 15 is 0 Å². The molecule has 0 rings (SSSR count). The number of nitrogens with one attached hydrogen (secondary N) is 2. The van der Waals surface area contributed by atoms with Gasteiger partial charge in [-0.3, -0.25) is 9.59 Å². The Balaban J connectivity index is 3.91. The summed E-state index contributed by atoms with van der Waals surface area (Å²) in [5.41, 5.74) is 0. The van der Waals surface area contributed by atoms with Gasteiger partial charge in [-0.2, -0.15) is 13.2 Å². The monoisotopic (exact) mass is 283 g/mol. The van der Waals surface area contributed by atoms with E-state index in [4.69, 9.17) is 0 Å². The third kappa shape index (κ3) is 10.3. The van der Waals surface area contributed by atoms with Crippen molar-refractivity contribution in [1.29, 1.82) is 0 Å². The molecule has 2 N–H and O–H groups in total. The maximum atomic E-state index is 11.9. The molecule has 0 aliphatic carbocycles. The van der Waals surface area contributed by atoms with E-state index in [-0.39, 0.29) is 24.9 Å². The zero-order valence-corrected chi connectivity index (χ0v) is 11.3. The van der Waals surface area contributed by atoms with Crippen LogP contribution in [0.25, 0.3) is 0 Å². The standard InChI is InChI=1S/C11H20F3N3O2/c1-8(2)15-5-4-10(19)17(3)6-9(18)16-7-11(12,13)14/h8,15H,4-7H2,1-3H3,(H,16,18). The number of carbonyl (C=O) groups excluding carboxylic acids is 2. The van der Waals surface area contributed by atoms with Crippen LogP contribution in [0.5, 0.6) is 0 Å². The molecule has 0 radical (unpaired) electrons. The maximum Gasteiger partial charge on any atom is 0.405 e. The fraction of sp³-hybridized carbons (Fsp3) is 0.818. The molecular formula is C11H20F3N3O2. The Morgan fingerprint density at radius 1 is 1.26 bits per heavy atom. The van der Waals surface area contributed by atoms with Crippen molar-refractivity contribution in [2.45, 2.75) is 32.5 Å². The fourth-order valence-electron chi connectivity index (χ4n) is 1.22. The fourth-order valence-corrected chi connectivity index (χ4v) is 1.22. The van der Waals surface area contributed by atoms with E-state index in [0.29, 0.717) is 6.54 Å². The Morgan fingerprint density at radius 3 is 2.32 bits per heavy atom. The topological polar surface area (TPSA) is 61.4 Å². The van der Waals surface area contributed by atoms with E-state index in [9.17, 15) is 22.8 Å². The van der Waals surface area contributed by atoms with E-state index < -0.39 is 18.6 Å². The molecule has 0 aromatic heterocycles. The van der Waals surface area contributed by atoms with Crippen molar-refractivity contribution in [3.8, 4) is 0 Å². The molecule has 0 saturated carbocycles. The van der Waals surface area contributed by atoms with Crippen molar-refractivity contribution in [3.05, 3.63) is 0 Å². The lowest BCUT2D eigenvalue weighted by Crippen LogP contribution is -2.42. The van der Waals surface area contributed by atoms with Crippen molar-refractivity contribution in [2.24, 2.45) is 0 Å². The van der Waals surface area contributed by atoms with Gasteiger partial charge in [-0.1, -0.05) is 13.8 Å². The molecule has 0 aromatic carbocycles. The first kappa shape index (κ1) is 17.7. The number of rotatable bonds is 7. The maximum absolute atomic E-state index is 11.9. The van der Waals surface area contributed by atoms with Crippen LogP contribution in [0.15, 0.2) is 0 Å². The minimum Gasteiger partial charge on any atom is -0.345 e. The smallest absolute Gasteiger partial charge is 0.345 e. The Labute approximate surface area is 110 Å². The summed E-state index contributed by atoms with van der Waals surface area (Å²) in [6.45, 7) is 2.56. The van der Waals surface area contributed by atoms with Gasteiger partial charge in [0.1, 0.15) is 6.54 Å². The van der Waals surface area contributed by atoms with Crippen molar-refractivity contribution < 1.29 is 22.8 Å². The molecule has 19 heavy (non-hydrogen) atoms. The zero-order valence-electron chi connectivity index (χ0n) is 11.3. The second-order valence-corrected chi connectivity index (χ2v) is 4.50. The molecule has 0 saturated heterocycles. The molecule has 112 valence electrons. The first-order valence-electron chi connectivity index (χ1n) is 5.92. The highest BCUT2D eigenvalue weighted by Crippen LogP contribution is 2.11. The van der Waals surface area contributed by atoms with Crippen molar-refractivity contribution in [1.82, 2.24) is 15.5 Å². The van der Waals surface area contributed by atoms with Gasteiger partial charge in [-0.25, -0.2) is 0 Å². The van der Waals surface area contributed by atoms with Crippen LogP contribution < -0.4 is 10.6 Å². The van der Waals surface area contributed by atoms with Gasteiger partial charge in [0.2, 0.25) is 11.8 Å².